The number of halogens is 3. The van der Waals surface area contributed by atoms with E-state index < -0.39 is 18.5 Å². The molecule has 0 unspecified atom stereocenters. The van der Waals surface area contributed by atoms with E-state index in [1.807, 2.05) is 9.80 Å². The van der Waals surface area contributed by atoms with Crippen molar-refractivity contribution < 1.29 is 22.8 Å². The summed E-state index contributed by atoms with van der Waals surface area (Å²) in [6.07, 6.45) is -1.41. The van der Waals surface area contributed by atoms with Crippen molar-refractivity contribution in [2.24, 2.45) is 0 Å². The van der Waals surface area contributed by atoms with Gasteiger partial charge in [-0.2, -0.15) is 13.2 Å². The molecular weight excluding hydrogens is 411 g/mol. The number of fused-ring (bicyclic) bond motifs is 1. The van der Waals surface area contributed by atoms with Crippen LogP contribution in [-0.4, -0.2) is 81.9 Å². The summed E-state index contributed by atoms with van der Waals surface area (Å²) in [6.45, 7) is 3.36. The van der Waals surface area contributed by atoms with Gasteiger partial charge in [0.1, 0.15) is 6.54 Å². The summed E-state index contributed by atoms with van der Waals surface area (Å²) in [5.74, 6) is -1.33. The zero-order chi connectivity index (χ0) is 22.0. The lowest BCUT2D eigenvalue weighted by Crippen LogP contribution is -2.52. The number of carbonyl (C=O) groups is 2. The van der Waals surface area contributed by atoms with Crippen LogP contribution in [0, 0.1) is 0 Å². The van der Waals surface area contributed by atoms with E-state index in [9.17, 15) is 22.8 Å². The molecule has 0 N–H and O–H groups in total. The van der Waals surface area contributed by atoms with Crippen LogP contribution in [-0.2, 0) is 22.3 Å². The molecule has 7 nitrogen and oxygen atoms in total. The molecule has 3 heterocycles. The third-order valence-electron chi connectivity index (χ3n) is 5.99. The van der Waals surface area contributed by atoms with E-state index in [1.54, 1.807) is 17.0 Å². The molecule has 0 atom stereocenters. The SMILES string of the molecule is O=C(CN1CCN(C(=O)Cn2c(C(F)(F)F)nc3ccccc32)CC1)N1CCCCC1. The second-order valence-corrected chi connectivity index (χ2v) is 8.11. The van der Waals surface area contributed by atoms with Crippen LogP contribution < -0.4 is 0 Å². The van der Waals surface area contributed by atoms with Gasteiger partial charge < -0.3 is 14.4 Å². The van der Waals surface area contributed by atoms with E-state index in [1.165, 1.54) is 12.1 Å². The van der Waals surface area contributed by atoms with Crippen molar-refractivity contribution >= 4 is 22.8 Å². The Hall–Kier alpha value is -2.62. The quantitative estimate of drug-likeness (QED) is 0.736. The van der Waals surface area contributed by atoms with Gasteiger partial charge in [0.05, 0.1) is 17.6 Å². The van der Waals surface area contributed by atoms with Crippen LogP contribution >= 0.6 is 0 Å². The molecule has 2 aromatic rings. The molecule has 0 spiro atoms. The molecular formula is C21H26F3N5O2. The molecule has 2 amide bonds. The average molecular weight is 437 g/mol. The minimum atomic E-state index is -4.65. The molecule has 2 fully saturated rings. The molecule has 2 aliphatic heterocycles. The fourth-order valence-corrected chi connectivity index (χ4v) is 4.28. The maximum absolute atomic E-state index is 13.5. The van der Waals surface area contributed by atoms with Gasteiger partial charge in [0.15, 0.2) is 0 Å². The van der Waals surface area contributed by atoms with Crippen molar-refractivity contribution in [2.75, 3.05) is 45.8 Å². The molecule has 0 radical (unpaired) electrons. The van der Waals surface area contributed by atoms with Crippen molar-refractivity contribution in [1.82, 2.24) is 24.3 Å². The Balaban J connectivity index is 1.37. The highest BCUT2D eigenvalue weighted by molar-refractivity contribution is 5.81. The first-order valence-electron chi connectivity index (χ1n) is 10.6. The number of rotatable bonds is 4. The number of amides is 2. The van der Waals surface area contributed by atoms with Gasteiger partial charge in [-0.25, -0.2) is 4.98 Å². The van der Waals surface area contributed by atoms with Crippen LogP contribution in [0.15, 0.2) is 24.3 Å². The minimum Gasteiger partial charge on any atom is -0.342 e. The van der Waals surface area contributed by atoms with Gasteiger partial charge in [-0.15, -0.1) is 0 Å². The van der Waals surface area contributed by atoms with Crippen LogP contribution in [0.3, 0.4) is 0 Å². The Morgan fingerprint density at radius 3 is 2.13 bits per heavy atom. The van der Waals surface area contributed by atoms with Crippen LogP contribution in [0.5, 0.6) is 0 Å². The first-order valence-corrected chi connectivity index (χ1v) is 10.6. The number of imidazole rings is 1. The normalized spacial score (nSPS) is 18.5. The first kappa shape index (κ1) is 21.6. The van der Waals surface area contributed by atoms with Gasteiger partial charge in [-0.3, -0.25) is 14.5 Å². The van der Waals surface area contributed by atoms with Gasteiger partial charge in [-0.05, 0) is 31.4 Å². The number of carbonyl (C=O) groups excluding carboxylic acids is 2. The molecule has 1 aromatic carbocycles. The van der Waals surface area contributed by atoms with E-state index in [-0.39, 0.29) is 22.8 Å². The Kier molecular flexibility index (Phi) is 6.17. The Labute approximate surface area is 178 Å². The van der Waals surface area contributed by atoms with Gasteiger partial charge in [-0.1, -0.05) is 12.1 Å². The smallest absolute Gasteiger partial charge is 0.342 e. The number of likely N-dealkylation sites (tertiary alicyclic amines) is 1. The topological polar surface area (TPSA) is 61.7 Å². The molecule has 0 bridgehead atoms. The van der Waals surface area contributed by atoms with Crippen LogP contribution in [0.1, 0.15) is 25.1 Å². The van der Waals surface area contributed by atoms with Crippen molar-refractivity contribution in [3.8, 4) is 0 Å². The highest BCUT2D eigenvalue weighted by atomic mass is 19.4. The van der Waals surface area contributed by atoms with Gasteiger partial charge >= 0.3 is 6.18 Å². The lowest BCUT2D eigenvalue weighted by Gasteiger charge is -2.36. The summed E-state index contributed by atoms with van der Waals surface area (Å²) in [6, 6.07) is 6.29. The van der Waals surface area contributed by atoms with Crippen LogP contribution in [0.4, 0.5) is 13.2 Å². The number of piperidine rings is 1. The minimum absolute atomic E-state index is 0.110. The molecule has 10 heteroatoms. The van der Waals surface area contributed by atoms with E-state index in [0.29, 0.717) is 32.7 Å². The van der Waals surface area contributed by atoms with Crippen molar-refractivity contribution in [3.63, 3.8) is 0 Å². The molecule has 2 aliphatic rings. The monoisotopic (exact) mass is 437 g/mol. The summed E-state index contributed by atoms with van der Waals surface area (Å²) >= 11 is 0. The number of alkyl halides is 3. The third kappa shape index (κ3) is 4.84. The summed E-state index contributed by atoms with van der Waals surface area (Å²) in [5, 5.41) is 0. The Morgan fingerprint density at radius 2 is 1.45 bits per heavy atom. The van der Waals surface area contributed by atoms with Crippen LogP contribution in [0.2, 0.25) is 0 Å². The van der Waals surface area contributed by atoms with Gasteiger partial charge in [0.2, 0.25) is 17.6 Å². The van der Waals surface area contributed by atoms with E-state index >= 15 is 0 Å². The number of hydrogen-bond donors (Lipinski definition) is 0. The second kappa shape index (κ2) is 8.86. The summed E-state index contributed by atoms with van der Waals surface area (Å²) in [4.78, 5) is 34.4. The molecule has 0 saturated carbocycles. The number of hydrogen-bond acceptors (Lipinski definition) is 4. The van der Waals surface area contributed by atoms with Crippen LogP contribution in [0.25, 0.3) is 11.0 Å². The first-order chi connectivity index (χ1) is 14.8. The van der Waals surface area contributed by atoms with Gasteiger partial charge in [0, 0.05) is 39.3 Å². The highest BCUT2D eigenvalue weighted by Crippen LogP contribution is 2.31. The maximum Gasteiger partial charge on any atom is 0.449 e. The standard InChI is InChI=1S/C21H26F3N5O2/c22-21(23,24)20-25-16-6-2-3-7-17(16)29(20)15-19(31)28-12-10-26(11-13-28)14-18(30)27-8-4-1-5-9-27/h2-3,6-7H,1,4-5,8-15H2. The lowest BCUT2D eigenvalue weighted by atomic mass is 10.1. The van der Waals surface area contributed by atoms with E-state index in [0.717, 1.165) is 36.9 Å². The predicted molar refractivity (Wildman–Crippen MR) is 108 cm³/mol. The second-order valence-electron chi connectivity index (χ2n) is 8.11. The van der Waals surface area contributed by atoms with E-state index in [2.05, 4.69) is 4.98 Å². The zero-order valence-electron chi connectivity index (χ0n) is 17.3. The molecule has 0 aliphatic carbocycles. The third-order valence-corrected chi connectivity index (χ3v) is 5.99. The fourth-order valence-electron chi connectivity index (χ4n) is 4.28. The average Bonchev–Trinajstić information content (AvgIpc) is 3.14. The van der Waals surface area contributed by atoms with Crippen molar-refractivity contribution in [1.29, 1.82) is 0 Å². The Morgan fingerprint density at radius 1 is 0.839 bits per heavy atom. The number of nitrogens with zero attached hydrogens (tertiary/aromatic N) is 5. The summed E-state index contributed by atoms with van der Waals surface area (Å²) in [7, 11) is 0. The van der Waals surface area contributed by atoms with E-state index in [4.69, 9.17) is 0 Å². The number of benzene rings is 1. The number of aromatic nitrogens is 2. The largest absolute Gasteiger partial charge is 0.449 e. The molecule has 4 rings (SSSR count). The van der Waals surface area contributed by atoms with Gasteiger partial charge in [0.25, 0.3) is 0 Å². The predicted octanol–water partition coefficient (Wildman–Crippen LogP) is 2.21. The molecule has 168 valence electrons. The molecule has 31 heavy (non-hydrogen) atoms. The van der Waals surface area contributed by atoms with Crippen molar-refractivity contribution in [2.45, 2.75) is 32.0 Å². The molecule has 2 saturated heterocycles. The number of piperazine rings is 1. The highest BCUT2D eigenvalue weighted by Gasteiger charge is 2.38. The maximum atomic E-state index is 13.5. The Bertz CT molecular complexity index is 944. The number of para-hydroxylation sites is 2. The van der Waals surface area contributed by atoms with Crippen molar-refractivity contribution in [3.05, 3.63) is 30.1 Å². The molecule has 1 aromatic heterocycles. The fraction of sp³-hybridized carbons (Fsp3) is 0.571. The lowest BCUT2D eigenvalue weighted by molar-refractivity contribution is -0.148. The summed E-state index contributed by atoms with van der Waals surface area (Å²) in [5.41, 5.74) is 0.498. The zero-order valence-corrected chi connectivity index (χ0v) is 17.3. The summed E-state index contributed by atoms with van der Waals surface area (Å²) < 4.78 is 41.3.